The minimum atomic E-state index is -0.762. The number of alkyl halides is 1. The van der Waals surface area contributed by atoms with Crippen LogP contribution in [0.15, 0.2) is 0 Å². The fourth-order valence-corrected chi connectivity index (χ4v) is 5.89. The summed E-state index contributed by atoms with van der Waals surface area (Å²) in [5.41, 5.74) is 0.204. The summed E-state index contributed by atoms with van der Waals surface area (Å²) in [6.07, 6.45) is 4.43. The summed E-state index contributed by atoms with van der Waals surface area (Å²) in [5, 5.41) is 22.1. The molecule has 2 aliphatic heterocycles. The van der Waals surface area contributed by atoms with Crippen LogP contribution in [-0.4, -0.2) is 63.6 Å². The van der Waals surface area contributed by atoms with Crippen LogP contribution >= 0.6 is 15.9 Å². The molecule has 3 aliphatic rings. The number of nitrogens with one attached hydrogen (secondary N) is 1. The van der Waals surface area contributed by atoms with Crippen molar-refractivity contribution in [3.8, 4) is 0 Å². The Bertz CT molecular complexity index is 559. The van der Waals surface area contributed by atoms with Gasteiger partial charge in [-0.25, -0.2) is 0 Å². The Morgan fingerprint density at radius 3 is 2.56 bits per heavy atom. The van der Waals surface area contributed by atoms with Gasteiger partial charge in [0.2, 0.25) is 0 Å². The minimum absolute atomic E-state index is 0.0509. The number of piperidine rings is 1. The normalized spacial score (nSPS) is 45.1. The van der Waals surface area contributed by atoms with E-state index in [1.807, 2.05) is 0 Å². The van der Waals surface area contributed by atoms with Gasteiger partial charge in [0.05, 0.1) is 0 Å². The summed E-state index contributed by atoms with van der Waals surface area (Å²) >= 11 is 3.58. The zero-order chi connectivity index (χ0) is 18.4. The molecule has 6 atom stereocenters. The summed E-state index contributed by atoms with van der Waals surface area (Å²) in [4.78, 5) is 25.3. The zero-order valence-corrected chi connectivity index (χ0v) is 16.6. The van der Waals surface area contributed by atoms with Crippen LogP contribution in [0.5, 0.6) is 0 Å². The number of carbonyl (C=O) groups is 2. The molecule has 3 rings (SSSR count). The number of hydrogen-bond acceptors (Lipinski definition) is 4. The molecule has 1 aliphatic carbocycles. The van der Waals surface area contributed by atoms with Crippen LogP contribution in [0.4, 0.5) is 0 Å². The van der Waals surface area contributed by atoms with Crippen LogP contribution in [0.1, 0.15) is 46.0 Å². The van der Waals surface area contributed by atoms with Gasteiger partial charge in [-0.15, -0.1) is 0 Å². The molecule has 2 saturated heterocycles. The van der Waals surface area contributed by atoms with Crippen molar-refractivity contribution < 1.29 is 19.8 Å². The summed E-state index contributed by atoms with van der Waals surface area (Å²) in [6.45, 7) is 6.84. The lowest BCUT2D eigenvalue weighted by atomic mass is 9.56. The lowest BCUT2D eigenvalue weighted by Gasteiger charge is -2.53. The predicted molar refractivity (Wildman–Crippen MR) is 97.9 cm³/mol. The highest BCUT2D eigenvalue weighted by Crippen LogP contribution is 2.52. The van der Waals surface area contributed by atoms with E-state index in [1.54, 1.807) is 0 Å². The predicted octanol–water partition coefficient (Wildman–Crippen LogP) is 2.17. The Hall–Kier alpha value is -0.660. The van der Waals surface area contributed by atoms with Gasteiger partial charge in [0.15, 0.2) is 0 Å². The second kappa shape index (κ2) is 6.82. The molecular formula is C18H29BrN2O4. The maximum absolute atomic E-state index is 11.6. The molecule has 0 aromatic carbocycles. The first-order chi connectivity index (χ1) is 11.6. The maximum atomic E-state index is 11.6. The Morgan fingerprint density at radius 1 is 1.20 bits per heavy atom. The van der Waals surface area contributed by atoms with E-state index in [2.05, 4.69) is 40.0 Å². The van der Waals surface area contributed by atoms with E-state index in [9.17, 15) is 19.8 Å². The number of fused-ring (bicyclic) bond motifs is 1. The number of hydrogen-bond donors (Lipinski definition) is 3. The largest absolute Gasteiger partial charge is 0.480 e. The molecule has 0 aromatic heterocycles. The first-order valence-electron chi connectivity index (χ1n) is 9.19. The molecule has 0 bridgehead atoms. The van der Waals surface area contributed by atoms with Crippen LogP contribution in [0, 0.1) is 16.7 Å². The van der Waals surface area contributed by atoms with Crippen molar-refractivity contribution in [3.63, 3.8) is 0 Å². The molecule has 6 nitrogen and oxygen atoms in total. The quantitative estimate of drug-likeness (QED) is 0.608. The molecule has 0 amide bonds. The van der Waals surface area contributed by atoms with Gasteiger partial charge in [-0.1, -0.05) is 29.8 Å². The van der Waals surface area contributed by atoms with Crippen molar-refractivity contribution in [2.45, 2.75) is 62.9 Å². The average molecular weight is 417 g/mol. The molecule has 7 heteroatoms. The number of likely N-dealkylation sites (tertiary alicyclic amines) is 1. The van der Waals surface area contributed by atoms with Crippen molar-refractivity contribution in [1.29, 1.82) is 0 Å². The van der Waals surface area contributed by atoms with E-state index in [1.165, 1.54) is 0 Å². The van der Waals surface area contributed by atoms with Gasteiger partial charge in [0.1, 0.15) is 12.1 Å². The van der Waals surface area contributed by atoms with E-state index in [4.69, 9.17) is 0 Å². The summed E-state index contributed by atoms with van der Waals surface area (Å²) in [5.74, 6) is -1.12. The Morgan fingerprint density at radius 2 is 1.92 bits per heavy atom. The van der Waals surface area contributed by atoms with E-state index in [0.717, 1.165) is 38.9 Å². The van der Waals surface area contributed by atoms with Crippen LogP contribution in [-0.2, 0) is 9.59 Å². The summed E-state index contributed by atoms with van der Waals surface area (Å²) in [7, 11) is 0. The molecule has 2 heterocycles. The third-order valence-corrected chi connectivity index (χ3v) is 7.48. The number of carboxylic acids is 2. The fourth-order valence-electron chi connectivity index (χ4n) is 5.16. The van der Waals surface area contributed by atoms with Gasteiger partial charge in [0.25, 0.3) is 0 Å². The van der Waals surface area contributed by atoms with E-state index < -0.39 is 24.0 Å². The van der Waals surface area contributed by atoms with Crippen molar-refractivity contribution in [2.24, 2.45) is 16.7 Å². The second-order valence-corrected chi connectivity index (χ2v) is 10.3. The highest BCUT2D eigenvalue weighted by Gasteiger charge is 2.50. The number of halogens is 1. The summed E-state index contributed by atoms with van der Waals surface area (Å²) in [6, 6.07) is -0.861. The molecule has 3 fully saturated rings. The Kier molecular flexibility index (Phi) is 5.21. The highest BCUT2D eigenvalue weighted by atomic mass is 79.9. The Labute approximate surface area is 157 Å². The standard InChI is InChI=1S/C18H29BrN2O4/c1-17(10-21-8-12(19)6-14(21)16(24)25)3-4-18(2)9-20-13(15(22)23)5-11(18)7-17/h11-14,20H,3-10H2,1-2H3,(H,22,23)(H,24,25)/t11-,12-,13-,14-,17-,18-/m0/s1. The van der Waals surface area contributed by atoms with Crippen molar-refractivity contribution in [2.75, 3.05) is 19.6 Å². The van der Waals surface area contributed by atoms with Crippen LogP contribution in [0.2, 0.25) is 0 Å². The third-order valence-electron chi connectivity index (χ3n) is 6.82. The topological polar surface area (TPSA) is 89.9 Å². The van der Waals surface area contributed by atoms with Gasteiger partial charge in [-0.3, -0.25) is 14.5 Å². The molecule has 0 spiro atoms. The average Bonchev–Trinajstić information content (AvgIpc) is 2.87. The molecule has 0 radical (unpaired) electrons. The lowest BCUT2D eigenvalue weighted by molar-refractivity contribution is -0.145. The van der Waals surface area contributed by atoms with Crippen molar-refractivity contribution >= 4 is 27.9 Å². The zero-order valence-electron chi connectivity index (χ0n) is 15.0. The van der Waals surface area contributed by atoms with E-state index in [0.29, 0.717) is 18.8 Å². The molecule has 0 unspecified atom stereocenters. The maximum Gasteiger partial charge on any atom is 0.320 e. The van der Waals surface area contributed by atoms with E-state index >= 15 is 0 Å². The minimum Gasteiger partial charge on any atom is -0.480 e. The second-order valence-electron chi connectivity index (χ2n) is 8.99. The molecule has 142 valence electrons. The molecule has 3 N–H and O–H groups in total. The molecule has 1 saturated carbocycles. The van der Waals surface area contributed by atoms with Crippen LogP contribution < -0.4 is 5.32 Å². The molecule has 0 aromatic rings. The van der Waals surface area contributed by atoms with Gasteiger partial charge in [-0.05, 0) is 48.9 Å². The lowest BCUT2D eigenvalue weighted by Crippen LogP contribution is -2.57. The Balaban J connectivity index is 1.70. The molecule has 25 heavy (non-hydrogen) atoms. The summed E-state index contributed by atoms with van der Waals surface area (Å²) < 4.78 is 0. The van der Waals surface area contributed by atoms with Crippen molar-refractivity contribution in [3.05, 3.63) is 0 Å². The number of carboxylic acid groups (broad SMARTS) is 2. The van der Waals surface area contributed by atoms with E-state index in [-0.39, 0.29) is 15.7 Å². The van der Waals surface area contributed by atoms with Gasteiger partial charge in [0, 0.05) is 24.5 Å². The third kappa shape index (κ3) is 3.88. The first-order valence-corrected chi connectivity index (χ1v) is 10.1. The highest BCUT2D eigenvalue weighted by molar-refractivity contribution is 9.09. The van der Waals surface area contributed by atoms with Gasteiger partial charge < -0.3 is 15.5 Å². The fraction of sp³-hybridized carbons (Fsp3) is 0.889. The van der Waals surface area contributed by atoms with Gasteiger partial charge in [-0.2, -0.15) is 0 Å². The number of nitrogens with zero attached hydrogens (tertiary/aromatic N) is 1. The SMILES string of the molecule is C[C@]1(CN2C[C@@H](Br)C[C@H]2C(=O)O)CC[C@@]2(C)CN[C@H](C(=O)O)C[C@H]2C1. The monoisotopic (exact) mass is 416 g/mol. The number of rotatable bonds is 4. The molecular weight excluding hydrogens is 388 g/mol. The van der Waals surface area contributed by atoms with Crippen LogP contribution in [0.25, 0.3) is 0 Å². The van der Waals surface area contributed by atoms with Crippen LogP contribution in [0.3, 0.4) is 0 Å². The van der Waals surface area contributed by atoms with Gasteiger partial charge >= 0.3 is 11.9 Å². The first kappa shape index (κ1) is 19.1. The van der Waals surface area contributed by atoms with Crippen molar-refractivity contribution in [1.82, 2.24) is 10.2 Å². The number of aliphatic carboxylic acids is 2. The smallest absolute Gasteiger partial charge is 0.320 e.